The van der Waals surface area contributed by atoms with E-state index < -0.39 is 0 Å². The van der Waals surface area contributed by atoms with Gasteiger partial charge in [0.2, 0.25) is 0 Å². The summed E-state index contributed by atoms with van der Waals surface area (Å²) >= 11 is 0. The van der Waals surface area contributed by atoms with E-state index in [1.54, 1.807) is 0 Å². The molecule has 26 heavy (non-hydrogen) atoms. The summed E-state index contributed by atoms with van der Waals surface area (Å²) in [6.45, 7) is 0.514. The Morgan fingerprint density at radius 3 is 2.12 bits per heavy atom. The van der Waals surface area contributed by atoms with Crippen LogP contribution in [0.2, 0.25) is 0 Å². The van der Waals surface area contributed by atoms with E-state index in [1.807, 2.05) is 66.7 Å². The molecule has 0 aliphatic heterocycles. The molecule has 0 atom stereocenters. The standard InChI is InChI=1S/C23H20N2O/c26-23(24-16-18-11-5-2-6-12-18)22-20(15-17-9-3-1-4-10-17)19-13-7-8-14-21(19)25-22/h1-14,25H,15-16H2,(H,24,26). The highest BCUT2D eigenvalue weighted by molar-refractivity contribution is 6.01. The largest absolute Gasteiger partial charge is 0.350 e. The van der Waals surface area contributed by atoms with Crippen LogP contribution < -0.4 is 5.32 Å². The van der Waals surface area contributed by atoms with Crippen LogP contribution >= 0.6 is 0 Å². The van der Waals surface area contributed by atoms with Crippen LogP contribution in [-0.2, 0) is 13.0 Å². The maximum atomic E-state index is 12.9. The number of rotatable bonds is 5. The summed E-state index contributed by atoms with van der Waals surface area (Å²) in [5.41, 5.74) is 4.95. The normalized spacial score (nSPS) is 10.8. The Morgan fingerprint density at radius 1 is 0.769 bits per heavy atom. The van der Waals surface area contributed by atoms with E-state index in [2.05, 4.69) is 28.5 Å². The third kappa shape index (κ3) is 3.38. The fraction of sp³-hybridized carbons (Fsp3) is 0.0870. The molecule has 2 N–H and O–H groups in total. The molecule has 0 saturated carbocycles. The molecule has 0 unspecified atom stereocenters. The van der Waals surface area contributed by atoms with Gasteiger partial charge in [0.1, 0.15) is 5.69 Å². The van der Waals surface area contributed by atoms with Gasteiger partial charge in [0, 0.05) is 23.9 Å². The van der Waals surface area contributed by atoms with Crippen molar-refractivity contribution < 1.29 is 4.79 Å². The third-order valence-corrected chi connectivity index (χ3v) is 4.56. The van der Waals surface area contributed by atoms with Crippen LogP contribution in [0.4, 0.5) is 0 Å². The Bertz CT molecular complexity index is 1020. The second-order valence-corrected chi connectivity index (χ2v) is 6.35. The first kappa shape index (κ1) is 16.2. The monoisotopic (exact) mass is 340 g/mol. The molecule has 1 heterocycles. The van der Waals surface area contributed by atoms with Gasteiger partial charge >= 0.3 is 0 Å². The lowest BCUT2D eigenvalue weighted by molar-refractivity contribution is 0.0946. The lowest BCUT2D eigenvalue weighted by Gasteiger charge is -2.07. The van der Waals surface area contributed by atoms with Crippen molar-refractivity contribution in [1.82, 2.24) is 10.3 Å². The smallest absolute Gasteiger partial charge is 0.268 e. The van der Waals surface area contributed by atoms with Crippen LogP contribution in [0.25, 0.3) is 10.9 Å². The number of aromatic nitrogens is 1. The first-order chi connectivity index (χ1) is 12.8. The van der Waals surface area contributed by atoms with Gasteiger partial charge in [-0.05, 0) is 22.8 Å². The number of carbonyl (C=O) groups excluding carboxylic acids is 1. The van der Waals surface area contributed by atoms with Crippen molar-refractivity contribution in [3.05, 3.63) is 107 Å². The minimum atomic E-state index is -0.0732. The van der Waals surface area contributed by atoms with Crippen LogP contribution in [-0.4, -0.2) is 10.9 Å². The number of amides is 1. The molecule has 3 aromatic carbocycles. The average molecular weight is 340 g/mol. The average Bonchev–Trinajstić information content (AvgIpc) is 3.06. The number of hydrogen-bond donors (Lipinski definition) is 2. The Kier molecular flexibility index (Phi) is 4.52. The lowest BCUT2D eigenvalue weighted by Crippen LogP contribution is -2.24. The highest BCUT2D eigenvalue weighted by atomic mass is 16.1. The third-order valence-electron chi connectivity index (χ3n) is 4.56. The first-order valence-electron chi connectivity index (χ1n) is 8.77. The lowest BCUT2D eigenvalue weighted by atomic mass is 10.0. The highest BCUT2D eigenvalue weighted by Gasteiger charge is 2.17. The minimum Gasteiger partial charge on any atom is -0.350 e. The van der Waals surface area contributed by atoms with Gasteiger partial charge < -0.3 is 10.3 Å². The second-order valence-electron chi connectivity index (χ2n) is 6.35. The summed E-state index contributed by atoms with van der Waals surface area (Å²) in [7, 11) is 0. The van der Waals surface area contributed by atoms with Gasteiger partial charge in [-0.25, -0.2) is 0 Å². The Hall–Kier alpha value is -3.33. The Balaban J connectivity index is 1.65. The number of para-hydroxylation sites is 1. The van der Waals surface area contributed by atoms with E-state index in [0.717, 1.165) is 28.5 Å². The molecule has 0 aliphatic rings. The zero-order valence-corrected chi connectivity index (χ0v) is 14.4. The second kappa shape index (κ2) is 7.28. The first-order valence-corrected chi connectivity index (χ1v) is 8.77. The van der Waals surface area contributed by atoms with Crippen molar-refractivity contribution in [2.75, 3.05) is 0 Å². The molecular weight excluding hydrogens is 320 g/mol. The minimum absolute atomic E-state index is 0.0732. The van der Waals surface area contributed by atoms with Crippen molar-refractivity contribution in [2.45, 2.75) is 13.0 Å². The highest BCUT2D eigenvalue weighted by Crippen LogP contribution is 2.25. The number of hydrogen-bond acceptors (Lipinski definition) is 1. The fourth-order valence-electron chi connectivity index (χ4n) is 3.24. The molecule has 4 aromatic rings. The summed E-state index contributed by atoms with van der Waals surface area (Å²) in [4.78, 5) is 16.2. The van der Waals surface area contributed by atoms with Gasteiger partial charge in [-0.2, -0.15) is 0 Å². The molecule has 3 nitrogen and oxygen atoms in total. The van der Waals surface area contributed by atoms with E-state index in [9.17, 15) is 4.79 Å². The van der Waals surface area contributed by atoms with Crippen molar-refractivity contribution in [3.63, 3.8) is 0 Å². The predicted molar refractivity (Wildman–Crippen MR) is 105 cm³/mol. The molecule has 0 fully saturated rings. The summed E-state index contributed by atoms with van der Waals surface area (Å²) in [5.74, 6) is -0.0732. The molecule has 128 valence electrons. The van der Waals surface area contributed by atoms with Gasteiger partial charge in [0.05, 0.1) is 0 Å². The molecule has 3 heteroatoms. The van der Waals surface area contributed by atoms with Gasteiger partial charge in [0.25, 0.3) is 5.91 Å². The van der Waals surface area contributed by atoms with Crippen LogP contribution in [0.5, 0.6) is 0 Å². The molecular formula is C23H20N2O. The Morgan fingerprint density at radius 2 is 1.38 bits per heavy atom. The molecule has 1 amide bonds. The molecule has 0 aliphatic carbocycles. The zero-order chi connectivity index (χ0) is 17.8. The van der Waals surface area contributed by atoms with Crippen LogP contribution in [0.3, 0.4) is 0 Å². The van der Waals surface area contributed by atoms with Crippen molar-refractivity contribution in [3.8, 4) is 0 Å². The number of aromatic amines is 1. The van der Waals surface area contributed by atoms with Crippen LogP contribution in [0, 0.1) is 0 Å². The van der Waals surface area contributed by atoms with Crippen molar-refractivity contribution in [1.29, 1.82) is 0 Å². The summed E-state index contributed by atoms with van der Waals surface area (Å²) in [6.07, 6.45) is 0.721. The van der Waals surface area contributed by atoms with Crippen LogP contribution in [0.15, 0.2) is 84.9 Å². The number of fused-ring (bicyclic) bond motifs is 1. The number of carbonyl (C=O) groups is 1. The number of benzene rings is 3. The van der Waals surface area contributed by atoms with Gasteiger partial charge in [0.15, 0.2) is 0 Å². The van der Waals surface area contributed by atoms with E-state index in [4.69, 9.17) is 0 Å². The molecule has 1 aromatic heterocycles. The summed E-state index contributed by atoms with van der Waals surface area (Å²) in [6, 6.07) is 28.3. The topological polar surface area (TPSA) is 44.9 Å². The number of H-pyrrole nitrogens is 1. The van der Waals surface area contributed by atoms with Crippen molar-refractivity contribution in [2.24, 2.45) is 0 Å². The van der Waals surface area contributed by atoms with Gasteiger partial charge in [-0.3, -0.25) is 4.79 Å². The molecule has 0 radical (unpaired) electrons. The van der Waals surface area contributed by atoms with E-state index in [0.29, 0.717) is 12.2 Å². The van der Waals surface area contributed by atoms with E-state index in [1.165, 1.54) is 5.56 Å². The molecule has 0 saturated heterocycles. The van der Waals surface area contributed by atoms with E-state index >= 15 is 0 Å². The maximum absolute atomic E-state index is 12.9. The number of nitrogens with one attached hydrogen (secondary N) is 2. The van der Waals surface area contributed by atoms with Gasteiger partial charge in [-0.1, -0.05) is 78.9 Å². The zero-order valence-electron chi connectivity index (χ0n) is 14.4. The van der Waals surface area contributed by atoms with E-state index in [-0.39, 0.29) is 5.91 Å². The van der Waals surface area contributed by atoms with Crippen LogP contribution in [0.1, 0.15) is 27.2 Å². The molecule has 0 bridgehead atoms. The molecule has 0 spiro atoms. The quantitative estimate of drug-likeness (QED) is 0.544. The molecule has 4 rings (SSSR count). The fourth-order valence-corrected chi connectivity index (χ4v) is 3.24. The summed E-state index contributed by atoms with van der Waals surface area (Å²) in [5, 5.41) is 4.13. The Labute approximate surface area is 152 Å². The SMILES string of the molecule is O=C(NCc1ccccc1)c1[nH]c2ccccc2c1Cc1ccccc1. The predicted octanol–water partition coefficient (Wildman–Crippen LogP) is 4.69. The summed E-state index contributed by atoms with van der Waals surface area (Å²) < 4.78 is 0. The maximum Gasteiger partial charge on any atom is 0.268 e. The van der Waals surface area contributed by atoms with Gasteiger partial charge in [-0.15, -0.1) is 0 Å². The van der Waals surface area contributed by atoms with Crippen molar-refractivity contribution >= 4 is 16.8 Å².